The van der Waals surface area contributed by atoms with E-state index in [1.165, 1.54) is 11.8 Å². The summed E-state index contributed by atoms with van der Waals surface area (Å²) < 4.78 is 5.25. The van der Waals surface area contributed by atoms with Gasteiger partial charge >= 0.3 is 0 Å². The zero-order chi connectivity index (χ0) is 20.2. The van der Waals surface area contributed by atoms with Gasteiger partial charge in [0.25, 0.3) is 0 Å². The van der Waals surface area contributed by atoms with Crippen LogP contribution in [-0.4, -0.2) is 23.6 Å². The van der Waals surface area contributed by atoms with Gasteiger partial charge in [0.1, 0.15) is 16.8 Å². The molecular weight excluding hydrogens is 380 g/mol. The number of hydrogen-bond donors (Lipinski definition) is 0. The zero-order valence-electron chi connectivity index (χ0n) is 16.1. The lowest BCUT2D eigenvalue weighted by Crippen LogP contribution is -2.04. The monoisotopic (exact) mass is 400 g/mol. The van der Waals surface area contributed by atoms with E-state index in [9.17, 15) is 10.1 Å². The third-order valence-electron chi connectivity index (χ3n) is 4.95. The number of carbonyl (C=O) groups excluding carboxylic acids is 1. The maximum absolute atomic E-state index is 12.5. The minimum Gasteiger partial charge on any atom is -0.497 e. The number of Topliss-reactive ketones (excluding diaryl/α,β-unsaturated/α-hetero) is 1. The van der Waals surface area contributed by atoms with Crippen LogP contribution in [0.15, 0.2) is 65.7 Å². The fourth-order valence-electron chi connectivity index (χ4n) is 3.18. The standard InChI is InChI=1S/C24H20N2O2S/c1-28-19-11-9-16(10-12-19)20-13-22(17-7-8-17)26-24(21(20)14-25)29-15-23(27)18-5-3-2-4-6-18/h2-6,9-13,17H,7-8,15H2,1H3. The number of pyridine rings is 1. The highest BCUT2D eigenvalue weighted by Crippen LogP contribution is 2.42. The normalized spacial score (nSPS) is 13.0. The lowest BCUT2D eigenvalue weighted by atomic mass is 10.00. The molecule has 5 heteroatoms. The number of thioether (sulfide) groups is 1. The van der Waals surface area contributed by atoms with Gasteiger partial charge in [-0.3, -0.25) is 4.79 Å². The topological polar surface area (TPSA) is 63.0 Å². The molecule has 1 aromatic heterocycles. The number of benzene rings is 2. The molecule has 0 N–H and O–H groups in total. The van der Waals surface area contributed by atoms with Crippen molar-refractivity contribution in [2.45, 2.75) is 23.8 Å². The fraction of sp³-hybridized carbons (Fsp3) is 0.208. The van der Waals surface area contributed by atoms with Crippen LogP contribution in [0, 0.1) is 11.3 Å². The molecule has 1 saturated carbocycles. The SMILES string of the molecule is COc1ccc(-c2cc(C3CC3)nc(SCC(=O)c3ccccc3)c2C#N)cc1. The Morgan fingerprint density at radius 2 is 1.90 bits per heavy atom. The number of aromatic nitrogens is 1. The molecule has 0 bridgehead atoms. The lowest BCUT2D eigenvalue weighted by Gasteiger charge is -2.12. The van der Waals surface area contributed by atoms with Gasteiger partial charge in [0.05, 0.1) is 18.4 Å². The van der Waals surface area contributed by atoms with Gasteiger partial charge in [-0.25, -0.2) is 4.98 Å². The van der Waals surface area contributed by atoms with Crippen LogP contribution in [-0.2, 0) is 0 Å². The minimum absolute atomic E-state index is 0.0316. The molecule has 1 heterocycles. The zero-order valence-corrected chi connectivity index (χ0v) is 16.9. The Labute approximate surface area is 174 Å². The molecule has 0 aliphatic heterocycles. The van der Waals surface area contributed by atoms with Crippen molar-refractivity contribution >= 4 is 17.5 Å². The van der Waals surface area contributed by atoms with Crippen LogP contribution >= 0.6 is 11.8 Å². The molecule has 0 atom stereocenters. The summed E-state index contributed by atoms with van der Waals surface area (Å²) in [5, 5.41) is 10.5. The van der Waals surface area contributed by atoms with Crippen LogP contribution in [0.5, 0.6) is 5.75 Å². The van der Waals surface area contributed by atoms with E-state index >= 15 is 0 Å². The molecular formula is C24H20N2O2S. The molecule has 3 aromatic rings. The first kappa shape index (κ1) is 19.2. The molecule has 29 heavy (non-hydrogen) atoms. The maximum atomic E-state index is 12.5. The molecule has 4 rings (SSSR count). The van der Waals surface area contributed by atoms with Crippen LogP contribution in [0.2, 0.25) is 0 Å². The van der Waals surface area contributed by atoms with Gasteiger partial charge in [-0.05, 0) is 36.6 Å². The van der Waals surface area contributed by atoms with Crippen molar-refractivity contribution in [2.24, 2.45) is 0 Å². The summed E-state index contributed by atoms with van der Waals surface area (Å²) in [7, 11) is 1.63. The van der Waals surface area contributed by atoms with Crippen molar-refractivity contribution in [1.82, 2.24) is 4.98 Å². The summed E-state index contributed by atoms with van der Waals surface area (Å²) >= 11 is 1.34. The first-order valence-corrected chi connectivity index (χ1v) is 10.5. The number of hydrogen-bond acceptors (Lipinski definition) is 5. The second kappa shape index (κ2) is 8.50. The van der Waals surface area contributed by atoms with Gasteiger partial charge in [0, 0.05) is 22.7 Å². The first-order chi connectivity index (χ1) is 14.2. The van der Waals surface area contributed by atoms with E-state index in [4.69, 9.17) is 9.72 Å². The van der Waals surface area contributed by atoms with Gasteiger partial charge in [-0.2, -0.15) is 5.26 Å². The number of nitriles is 1. The molecule has 144 valence electrons. The highest BCUT2D eigenvalue weighted by molar-refractivity contribution is 8.00. The number of nitrogens with zero attached hydrogens (tertiary/aromatic N) is 2. The van der Waals surface area contributed by atoms with Crippen molar-refractivity contribution in [2.75, 3.05) is 12.9 Å². The average Bonchev–Trinajstić information content (AvgIpc) is 3.63. The summed E-state index contributed by atoms with van der Waals surface area (Å²) in [6, 6.07) is 21.2. The van der Waals surface area contributed by atoms with Crippen molar-refractivity contribution < 1.29 is 9.53 Å². The molecule has 0 radical (unpaired) electrons. The number of ketones is 1. The molecule has 1 aliphatic carbocycles. The van der Waals surface area contributed by atoms with Crippen molar-refractivity contribution in [3.63, 3.8) is 0 Å². The minimum atomic E-state index is 0.0316. The van der Waals surface area contributed by atoms with Crippen LogP contribution in [0.25, 0.3) is 11.1 Å². The first-order valence-electron chi connectivity index (χ1n) is 9.50. The Hall–Kier alpha value is -3.10. The lowest BCUT2D eigenvalue weighted by molar-refractivity contribution is 0.102. The van der Waals surface area contributed by atoms with E-state index in [0.29, 0.717) is 22.1 Å². The van der Waals surface area contributed by atoms with Gasteiger partial charge in [0.15, 0.2) is 5.78 Å². The predicted octanol–water partition coefficient (Wildman–Crippen LogP) is 5.48. The Morgan fingerprint density at radius 3 is 2.52 bits per heavy atom. The molecule has 0 saturated heterocycles. The Kier molecular flexibility index (Phi) is 5.64. The van der Waals surface area contributed by atoms with Crippen molar-refractivity contribution in [3.8, 4) is 22.9 Å². The van der Waals surface area contributed by atoms with Crippen LogP contribution in [0.3, 0.4) is 0 Å². The third-order valence-corrected chi connectivity index (χ3v) is 5.93. The number of rotatable bonds is 7. The van der Waals surface area contributed by atoms with E-state index in [0.717, 1.165) is 35.4 Å². The summed E-state index contributed by atoms with van der Waals surface area (Å²) in [5.74, 6) is 1.50. The molecule has 0 spiro atoms. The van der Waals surface area contributed by atoms with E-state index < -0.39 is 0 Å². The predicted molar refractivity (Wildman–Crippen MR) is 114 cm³/mol. The quantitative estimate of drug-likeness (QED) is 0.388. The van der Waals surface area contributed by atoms with E-state index in [2.05, 4.69) is 6.07 Å². The van der Waals surface area contributed by atoms with Crippen LogP contribution < -0.4 is 4.74 Å². The average molecular weight is 401 g/mol. The largest absolute Gasteiger partial charge is 0.497 e. The van der Waals surface area contributed by atoms with Crippen molar-refractivity contribution in [1.29, 1.82) is 5.26 Å². The molecule has 1 fully saturated rings. The highest BCUT2D eigenvalue weighted by Gasteiger charge is 2.27. The Bertz CT molecular complexity index is 1070. The summed E-state index contributed by atoms with van der Waals surface area (Å²) in [4.78, 5) is 17.3. The molecule has 4 nitrogen and oxygen atoms in total. The molecule has 0 amide bonds. The smallest absolute Gasteiger partial charge is 0.173 e. The van der Waals surface area contributed by atoms with Crippen LogP contribution in [0.4, 0.5) is 0 Å². The number of carbonyl (C=O) groups is 1. The fourth-order valence-corrected chi connectivity index (χ4v) is 4.09. The van der Waals surface area contributed by atoms with Crippen LogP contribution in [0.1, 0.15) is 40.4 Å². The highest BCUT2D eigenvalue weighted by atomic mass is 32.2. The van der Waals surface area contributed by atoms with E-state index in [1.54, 1.807) is 7.11 Å². The summed E-state index contributed by atoms with van der Waals surface area (Å²) in [6.07, 6.45) is 2.24. The third kappa shape index (κ3) is 4.33. The van der Waals surface area contributed by atoms with Crippen molar-refractivity contribution in [3.05, 3.63) is 77.5 Å². The summed E-state index contributed by atoms with van der Waals surface area (Å²) in [5.41, 5.74) is 4.01. The Balaban J connectivity index is 1.68. The number of methoxy groups -OCH3 is 1. The van der Waals surface area contributed by atoms with E-state index in [-0.39, 0.29) is 11.5 Å². The van der Waals surface area contributed by atoms with E-state index in [1.807, 2.05) is 60.7 Å². The molecule has 2 aromatic carbocycles. The second-order valence-electron chi connectivity index (χ2n) is 6.97. The van der Waals surface area contributed by atoms with Gasteiger partial charge in [0.2, 0.25) is 0 Å². The molecule has 1 aliphatic rings. The van der Waals surface area contributed by atoms with Gasteiger partial charge in [-0.15, -0.1) is 0 Å². The maximum Gasteiger partial charge on any atom is 0.173 e. The van der Waals surface area contributed by atoms with Gasteiger partial charge in [-0.1, -0.05) is 54.2 Å². The number of ether oxygens (including phenoxy) is 1. The summed E-state index contributed by atoms with van der Waals surface area (Å²) in [6.45, 7) is 0. The second-order valence-corrected chi connectivity index (χ2v) is 7.93. The van der Waals surface area contributed by atoms with Gasteiger partial charge < -0.3 is 4.74 Å². The molecule has 0 unspecified atom stereocenters. The Morgan fingerprint density at radius 1 is 1.17 bits per heavy atom.